The molecule has 2 amide bonds. The summed E-state index contributed by atoms with van der Waals surface area (Å²) in [7, 11) is 0.572. The first-order chi connectivity index (χ1) is 21.3. The Morgan fingerprint density at radius 1 is 0.957 bits per heavy atom. The number of methoxy groups -OCH3 is 1. The van der Waals surface area contributed by atoms with E-state index in [1.54, 1.807) is 30.1 Å². The highest BCUT2D eigenvalue weighted by Crippen LogP contribution is 2.38. The number of benzene rings is 3. The minimum absolute atomic E-state index is 0. The number of rotatable bonds is 7. The monoisotopic (exact) mass is 655 g/mol. The fourth-order valence-electron chi connectivity index (χ4n) is 4.91. The van der Waals surface area contributed by atoms with E-state index < -0.39 is 13.8 Å². The lowest BCUT2D eigenvalue weighted by Crippen LogP contribution is -2.48. The Balaban J connectivity index is 0.000000892. The quantitative estimate of drug-likeness (QED) is 0.141. The van der Waals surface area contributed by atoms with E-state index in [1.807, 2.05) is 54.6 Å². The van der Waals surface area contributed by atoms with Gasteiger partial charge in [-0.25, -0.2) is 9.36 Å². The molecular formula is C31H38N5O9P. The van der Waals surface area contributed by atoms with Gasteiger partial charge in [-0.1, -0.05) is 36.4 Å². The van der Waals surface area contributed by atoms with Crippen LogP contribution in [-0.2, 0) is 18.9 Å². The zero-order chi connectivity index (χ0) is 32.7. The molecule has 0 spiro atoms. The second-order valence-corrected chi connectivity index (χ2v) is 11.6. The van der Waals surface area contributed by atoms with Crippen molar-refractivity contribution in [3.05, 3.63) is 89.5 Å². The number of piperazine rings is 1. The molecule has 15 heteroatoms. The summed E-state index contributed by atoms with van der Waals surface area (Å²) >= 11 is 0. The summed E-state index contributed by atoms with van der Waals surface area (Å²) < 4.78 is 13.7. The molecule has 246 valence electrons. The Bertz CT molecular complexity index is 1610. The van der Waals surface area contributed by atoms with E-state index in [1.165, 1.54) is 7.11 Å². The van der Waals surface area contributed by atoms with Crippen molar-refractivity contribution in [3.8, 4) is 0 Å². The number of nitrogens with one attached hydrogen (secondary N) is 2. The number of nitrogens with zero attached hydrogens (tertiary/aromatic N) is 3. The Hall–Kier alpha value is -4.40. The molecule has 46 heavy (non-hydrogen) atoms. The van der Waals surface area contributed by atoms with Crippen molar-refractivity contribution in [2.24, 2.45) is 0 Å². The van der Waals surface area contributed by atoms with Crippen molar-refractivity contribution in [2.75, 3.05) is 69.5 Å². The lowest BCUT2D eigenvalue weighted by atomic mass is 9.99. The van der Waals surface area contributed by atoms with Gasteiger partial charge in [-0.3, -0.25) is 14.5 Å². The number of esters is 1. The summed E-state index contributed by atoms with van der Waals surface area (Å²) in [5.74, 6) is -0.694. The number of phosphoric acid groups is 1. The van der Waals surface area contributed by atoms with Crippen molar-refractivity contribution in [1.29, 1.82) is 0 Å². The smallest absolute Gasteiger partial charge is 0.465 e. The number of carbonyl (C=O) groups is 3. The standard InChI is InChI=1S/C31H33N5O4.H3O4P.H2O/c1-34-15-17-36(18-16-34)20-27(37)35(2)24-12-10-23(11-13-24)32-29(21-7-5-4-6-8-21)28-25-14-9-22(31(39)40-3)19-26(25)33-30(28)38;1-5(2,3)4;/h4-14,19,32H,15-18,20H2,1-3H3,(H,33,38);(H3,1,2,3,4);1H2. The lowest BCUT2D eigenvalue weighted by molar-refractivity contribution is -0.119. The molecule has 2 aliphatic rings. The van der Waals surface area contributed by atoms with E-state index in [2.05, 4.69) is 27.5 Å². The van der Waals surface area contributed by atoms with Gasteiger partial charge in [0.2, 0.25) is 5.91 Å². The molecule has 2 aliphatic heterocycles. The first-order valence-corrected chi connectivity index (χ1v) is 15.6. The van der Waals surface area contributed by atoms with Gasteiger partial charge in [0.05, 0.1) is 36.2 Å². The summed E-state index contributed by atoms with van der Waals surface area (Å²) in [6, 6.07) is 22.2. The van der Waals surface area contributed by atoms with E-state index in [4.69, 9.17) is 24.0 Å². The number of anilines is 3. The van der Waals surface area contributed by atoms with Crippen LogP contribution in [0.4, 0.5) is 17.1 Å². The number of fused-ring (bicyclic) bond motifs is 1. The molecule has 1 fully saturated rings. The van der Waals surface area contributed by atoms with Gasteiger partial charge in [0, 0.05) is 50.2 Å². The number of amides is 2. The van der Waals surface area contributed by atoms with E-state index in [0.717, 1.165) is 43.1 Å². The summed E-state index contributed by atoms with van der Waals surface area (Å²) in [6.45, 7) is 4.09. The minimum atomic E-state index is -4.64. The maximum absolute atomic E-state index is 13.2. The Morgan fingerprint density at radius 3 is 2.15 bits per heavy atom. The fraction of sp³-hybridized carbons (Fsp3) is 0.258. The molecule has 0 atom stereocenters. The molecule has 14 nitrogen and oxygen atoms in total. The molecule has 0 bridgehead atoms. The highest BCUT2D eigenvalue weighted by atomic mass is 31.2. The van der Waals surface area contributed by atoms with Crippen molar-refractivity contribution in [1.82, 2.24) is 9.80 Å². The van der Waals surface area contributed by atoms with E-state index in [-0.39, 0.29) is 17.3 Å². The molecular weight excluding hydrogens is 617 g/mol. The highest BCUT2D eigenvalue weighted by molar-refractivity contribution is 7.45. The first kappa shape index (κ1) is 36.1. The van der Waals surface area contributed by atoms with Crippen LogP contribution in [0.5, 0.6) is 0 Å². The first-order valence-electron chi connectivity index (χ1n) is 14.0. The van der Waals surface area contributed by atoms with Crippen LogP contribution in [0.25, 0.3) is 11.3 Å². The predicted molar refractivity (Wildman–Crippen MR) is 175 cm³/mol. The third kappa shape index (κ3) is 9.55. The fourth-order valence-corrected chi connectivity index (χ4v) is 4.91. The van der Waals surface area contributed by atoms with Crippen molar-refractivity contribution >= 4 is 53.9 Å². The second-order valence-electron chi connectivity index (χ2n) is 10.5. The maximum atomic E-state index is 13.2. The summed E-state index contributed by atoms with van der Waals surface area (Å²) in [4.78, 5) is 65.8. The predicted octanol–water partition coefficient (Wildman–Crippen LogP) is 1.86. The summed E-state index contributed by atoms with van der Waals surface area (Å²) in [5, 5.41) is 6.31. The Morgan fingerprint density at radius 2 is 1.57 bits per heavy atom. The number of hydrogen-bond donors (Lipinski definition) is 5. The molecule has 3 aromatic rings. The molecule has 0 aliphatic carbocycles. The normalized spacial score (nSPS) is 15.7. The average Bonchev–Trinajstić information content (AvgIpc) is 3.34. The van der Waals surface area contributed by atoms with Crippen LogP contribution in [0.15, 0.2) is 72.8 Å². The number of carbonyl (C=O) groups excluding carboxylic acids is 3. The van der Waals surface area contributed by atoms with Crippen LogP contribution in [0.3, 0.4) is 0 Å². The largest absolute Gasteiger partial charge is 0.466 e. The van der Waals surface area contributed by atoms with Crippen molar-refractivity contribution < 1.29 is 43.8 Å². The van der Waals surface area contributed by atoms with Crippen LogP contribution in [0.1, 0.15) is 21.5 Å². The molecule has 1 saturated heterocycles. The zero-order valence-corrected chi connectivity index (χ0v) is 26.5. The van der Waals surface area contributed by atoms with Gasteiger partial charge >= 0.3 is 13.8 Å². The van der Waals surface area contributed by atoms with Crippen LogP contribution in [-0.4, -0.2) is 102 Å². The number of hydrogen-bond acceptors (Lipinski definition) is 8. The minimum Gasteiger partial charge on any atom is -0.465 e. The molecule has 7 N–H and O–H groups in total. The lowest BCUT2D eigenvalue weighted by Gasteiger charge is -2.32. The van der Waals surface area contributed by atoms with E-state index in [0.29, 0.717) is 34.6 Å². The molecule has 5 rings (SSSR count). The second kappa shape index (κ2) is 15.7. The number of likely N-dealkylation sites (N-methyl/N-ethyl adjacent to an activating group) is 2. The topological polar surface area (TPSA) is 203 Å². The van der Waals surface area contributed by atoms with Gasteiger partial charge in [0.1, 0.15) is 0 Å². The third-order valence-electron chi connectivity index (χ3n) is 7.35. The molecule has 0 aromatic heterocycles. The maximum Gasteiger partial charge on any atom is 0.466 e. The molecule has 0 radical (unpaired) electrons. The zero-order valence-electron chi connectivity index (χ0n) is 25.6. The summed E-state index contributed by atoms with van der Waals surface area (Å²) in [5.41, 5.74) is 5.10. The Kier molecular flexibility index (Phi) is 12.3. The third-order valence-corrected chi connectivity index (χ3v) is 7.35. The van der Waals surface area contributed by atoms with Gasteiger partial charge in [0.15, 0.2) is 0 Å². The van der Waals surface area contributed by atoms with E-state index in [9.17, 15) is 14.4 Å². The molecule has 2 heterocycles. The van der Waals surface area contributed by atoms with Gasteiger partial charge in [0.25, 0.3) is 5.91 Å². The van der Waals surface area contributed by atoms with Crippen LogP contribution in [0.2, 0.25) is 0 Å². The SMILES string of the molecule is COC(=O)c1ccc2c(c1)NC(=O)C2=C(Nc1ccc(N(C)C(=O)CN2CCN(C)CC2)cc1)c1ccccc1.O.O=P(O)(O)O. The summed E-state index contributed by atoms with van der Waals surface area (Å²) in [6.07, 6.45) is 0. The van der Waals surface area contributed by atoms with E-state index >= 15 is 0 Å². The van der Waals surface area contributed by atoms with Gasteiger partial charge in [-0.2, -0.15) is 0 Å². The van der Waals surface area contributed by atoms with Gasteiger partial charge < -0.3 is 45.3 Å². The van der Waals surface area contributed by atoms with Crippen molar-refractivity contribution in [3.63, 3.8) is 0 Å². The average molecular weight is 656 g/mol. The van der Waals surface area contributed by atoms with Crippen LogP contribution < -0.4 is 15.5 Å². The molecule has 3 aromatic carbocycles. The van der Waals surface area contributed by atoms with Gasteiger partial charge in [-0.05, 0) is 49.0 Å². The van der Waals surface area contributed by atoms with Gasteiger partial charge in [-0.15, -0.1) is 0 Å². The Labute approximate surface area is 266 Å². The van der Waals surface area contributed by atoms with Crippen LogP contribution >= 0.6 is 7.82 Å². The highest BCUT2D eigenvalue weighted by Gasteiger charge is 2.29. The van der Waals surface area contributed by atoms with Crippen molar-refractivity contribution in [2.45, 2.75) is 0 Å². The van der Waals surface area contributed by atoms with Crippen LogP contribution in [0, 0.1) is 0 Å². The molecule has 0 saturated carbocycles. The molecule has 0 unspecified atom stereocenters. The number of ether oxygens (including phenoxy) is 1.